The number of ether oxygens (including phenoxy) is 1. The Hall–Kier alpha value is -1.29. The van der Waals surface area contributed by atoms with Crippen LogP contribution in [0.2, 0.25) is 0 Å². The van der Waals surface area contributed by atoms with Gasteiger partial charge in [-0.3, -0.25) is 0 Å². The molecule has 1 amide bonds. The maximum atomic E-state index is 10.7. The number of carbonyl (C=O) groups is 1. The third kappa shape index (κ3) is 2.09. The van der Waals surface area contributed by atoms with Gasteiger partial charge in [0.1, 0.15) is 6.61 Å². The quantitative estimate of drug-likeness (QED) is 0.782. The van der Waals surface area contributed by atoms with E-state index in [2.05, 4.69) is 5.32 Å². The van der Waals surface area contributed by atoms with Crippen molar-refractivity contribution in [1.82, 2.24) is 5.32 Å². The molecule has 1 N–H and O–H groups in total. The van der Waals surface area contributed by atoms with E-state index in [4.69, 9.17) is 4.74 Å². The molecule has 1 fully saturated rings. The molecule has 1 aliphatic heterocycles. The van der Waals surface area contributed by atoms with E-state index >= 15 is 0 Å². The number of carbonyl (C=O) groups excluding carboxylic acids is 1. The minimum atomic E-state index is -0.333. The zero-order valence-corrected chi connectivity index (χ0v) is 7.71. The molecule has 0 aliphatic carbocycles. The molecule has 2 rings (SSSR count). The molecule has 0 bridgehead atoms. The maximum absolute atomic E-state index is 10.7. The lowest BCUT2D eigenvalue weighted by atomic mass is 10.3. The number of alkyl carbamates (subject to hydrolysis) is 1. The fourth-order valence-corrected chi connectivity index (χ4v) is 1.73. The standard InChI is InChI=1S/C9H9NO2S/c11-9-10-7(6-12-9)3-4-8-2-1-5-13-8/h1-5,7H,6H2,(H,10,11)/b4-3+. The summed E-state index contributed by atoms with van der Waals surface area (Å²) in [7, 11) is 0. The second-order valence-corrected chi connectivity index (χ2v) is 3.70. The number of cyclic esters (lactones) is 1. The molecule has 1 aromatic rings. The lowest BCUT2D eigenvalue weighted by Crippen LogP contribution is -2.23. The Kier molecular flexibility index (Phi) is 2.31. The Morgan fingerprint density at radius 3 is 3.23 bits per heavy atom. The van der Waals surface area contributed by atoms with E-state index in [-0.39, 0.29) is 12.1 Å². The van der Waals surface area contributed by atoms with E-state index in [1.54, 1.807) is 11.3 Å². The van der Waals surface area contributed by atoms with Crippen LogP contribution < -0.4 is 5.32 Å². The van der Waals surface area contributed by atoms with Crippen molar-refractivity contribution in [2.45, 2.75) is 6.04 Å². The molecule has 0 spiro atoms. The highest BCUT2D eigenvalue weighted by molar-refractivity contribution is 7.10. The van der Waals surface area contributed by atoms with Crippen molar-refractivity contribution in [2.75, 3.05) is 6.61 Å². The molecule has 1 unspecified atom stereocenters. The summed E-state index contributed by atoms with van der Waals surface area (Å²) in [6.45, 7) is 0.431. The number of amides is 1. The van der Waals surface area contributed by atoms with Crippen LogP contribution in [0.5, 0.6) is 0 Å². The minimum absolute atomic E-state index is 0.0228. The highest BCUT2D eigenvalue weighted by Gasteiger charge is 2.18. The van der Waals surface area contributed by atoms with Gasteiger partial charge >= 0.3 is 6.09 Å². The van der Waals surface area contributed by atoms with Gasteiger partial charge in [-0.05, 0) is 17.5 Å². The van der Waals surface area contributed by atoms with Crippen molar-refractivity contribution in [2.24, 2.45) is 0 Å². The Balaban J connectivity index is 1.94. The van der Waals surface area contributed by atoms with Gasteiger partial charge in [-0.1, -0.05) is 12.1 Å². The van der Waals surface area contributed by atoms with E-state index in [9.17, 15) is 4.79 Å². The monoisotopic (exact) mass is 195 g/mol. The first kappa shape index (κ1) is 8.31. The summed E-state index contributed by atoms with van der Waals surface area (Å²) in [6, 6.07) is 4.04. The number of hydrogen-bond acceptors (Lipinski definition) is 3. The van der Waals surface area contributed by atoms with Gasteiger partial charge in [0.2, 0.25) is 0 Å². The summed E-state index contributed by atoms with van der Waals surface area (Å²) in [5.41, 5.74) is 0. The number of nitrogens with one attached hydrogen (secondary N) is 1. The first-order chi connectivity index (χ1) is 6.34. The summed E-state index contributed by atoms with van der Waals surface area (Å²) < 4.78 is 4.74. The van der Waals surface area contributed by atoms with E-state index in [1.807, 2.05) is 29.7 Å². The zero-order valence-electron chi connectivity index (χ0n) is 6.90. The first-order valence-electron chi connectivity index (χ1n) is 3.99. The lowest BCUT2D eigenvalue weighted by molar-refractivity contribution is 0.177. The van der Waals surface area contributed by atoms with Crippen molar-refractivity contribution in [1.29, 1.82) is 0 Å². The molecular weight excluding hydrogens is 186 g/mol. The first-order valence-corrected chi connectivity index (χ1v) is 4.87. The molecular formula is C9H9NO2S. The third-order valence-electron chi connectivity index (χ3n) is 1.73. The Morgan fingerprint density at radius 1 is 1.69 bits per heavy atom. The van der Waals surface area contributed by atoms with Crippen LogP contribution in [0.15, 0.2) is 23.6 Å². The molecule has 13 heavy (non-hydrogen) atoms. The van der Waals surface area contributed by atoms with Crippen molar-refractivity contribution in [3.8, 4) is 0 Å². The molecule has 1 aliphatic rings. The predicted molar refractivity (Wildman–Crippen MR) is 51.6 cm³/mol. The molecule has 1 aromatic heterocycles. The van der Waals surface area contributed by atoms with Gasteiger partial charge in [-0.2, -0.15) is 0 Å². The summed E-state index contributed by atoms with van der Waals surface area (Å²) in [5, 5.41) is 4.69. The molecule has 1 atom stereocenters. The van der Waals surface area contributed by atoms with Crippen molar-refractivity contribution in [3.05, 3.63) is 28.5 Å². The predicted octanol–water partition coefficient (Wildman–Crippen LogP) is 1.87. The minimum Gasteiger partial charge on any atom is -0.447 e. The molecule has 1 saturated heterocycles. The van der Waals surface area contributed by atoms with Gasteiger partial charge in [0.05, 0.1) is 6.04 Å². The van der Waals surface area contributed by atoms with Crippen LogP contribution in [0.1, 0.15) is 4.88 Å². The molecule has 3 nitrogen and oxygen atoms in total. The summed E-state index contributed by atoms with van der Waals surface area (Å²) in [4.78, 5) is 11.8. The van der Waals surface area contributed by atoms with Crippen molar-refractivity contribution in [3.63, 3.8) is 0 Å². The summed E-state index contributed by atoms with van der Waals surface area (Å²) in [6.07, 6.45) is 3.60. The molecule has 0 aromatic carbocycles. The lowest BCUT2D eigenvalue weighted by Gasteiger charge is -1.96. The normalized spacial score (nSPS) is 21.8. The second-order valence-electron chi connectivity index (χ2n) is 2.72. The van der Waals surface area contributed by atoms with Crippen LogP contribution in [-0.2, 0) is 4.74 Å². The second kappa shape index (κ2) is 3.62. The Morgan fingerprint density at radius 2 is 2.62 bits per heavy atom. The largest absolute Gasteiger partial charge is 0.447 e. The van der Waals surface area contributed by atoms with Gasteiger partial charge in [0.15, 0.2) is 0 Å². The average Bonchev–Trinajstić information content (AvgIpc) is 2.71. The molecule has 0 saturated carbocycles. The zero-order chi connectivity index (χ0) is 9.10. The van der Waals surface area contributed by atoms with E-state index in [0.29, 0.717) is 6.61 Å². The number of hydrogen-bond donors (Lipinski definition) is 1. The summed E-state index contributed by atoms with van der Waals surface area (Å²) >= 11 is 1.67. The Labute approximate surface area is 80.0 Å². The maximum Gasteiger partial charge on any atom is 0.407 e. The van der Waals surface area contributed by atoms with Gasteiger partial charge < -0.3 is 10.1 Å². The average molecular weight is 195 g/mol. The Bertz CT molecular complexity index is 318. The number of rotatable bonds is 2. The van der Waals surface area contributed by atoms with Crippen LogP contribution in [0.4, 0.5) is 4.79 Å². The molecule has 2 heterocycles. The highest BCUT2D eigenvalue weighted by Crippen LogP contribution is 2.11. The van der Waals surface area contributed by atoms with Crippen molar-refractivity contribution < 1.29 is 9.53 Å². The van der Waals surface area contributed by atoms with Gasteiger partial charge in [-0.15, -0.1) is 11.3 Å². The van der Waals surface area contributed by atoms with Crippen LogP contribution in [-0.4, -0.2) is 18.7 Å². The van der Waals surface area contributed by atoms with Crippen LogP contribution >= 0.6 is 11.3 Å². The smallest absolute Gasteiger partial charge is 0.407 e. The van der Waals surface area contributed by atoms with E-state index in [0.717, 1.165) is 0 Å². The topological polar surface area (TPSA) is 38.3 Å². The SMILES string of the molecule is O=C1NC(/C=C/c2cccs2)CO1. The fraction of sp³-hybridized carbons (Fsp3) is 0.222. The van der Waals surface area contributed by atoms with Gasteiger partial charge in [0, 0.05) is 4.88 Å². The van der Waals surface area contributed by atoms with Gasteiger partial charge in [-0.25, -0.2) is 4.79 Å². The molecule has 4 heteroatoms. The van der Waals surface area contributed by atoms with E-state index in [1.165, 1.54) is 4.88 Å². The van der Waals surface area contributed by atoms with Crippen LogP contribution in [0, 0.1) is 0 Å². The van der Waals surface area contributed by atoms with E-state index < -0.39 is 0 Å². The molecule has 68 valence electrons. The fourth-order valence-electron chi connectivity index (χ4n) is 1.10. The number of thiophene rings is 1. The third-order valence-corrected chi connectivity index (χ3v) is 2.57. The van der Waals surface area contributed by atoms with Gasteiger partial charge in [0.25, 0.3) is 0 Å². The van der Waals surface area contributed by atoms with Crippen LogP contribution in [0.3, 0.4) is 0 Å². The van der Waals surface area contributed by atoms with Crippen LogP contribution in [0.25, 0.3) is 6.08 Å². The highest BCUT2D eigenvalue weighted by atomic mass is 32.1. The van der Waals surface area contributed by atoms with Crippen molar-refractivity contribution >= 4 is 23.5 Å². The molecule has 0 radical (unpaired) electrons. The summed E-state index contributed by atoms with van der Waals surface area (Å²) in [5.74, 6) is 0.